The van der Waals surface area contributed by atoms with E-state index in [0.717, 1.165) is 4.90 Å². The summed E-state index contributed by atoms with van der Waals surface area (Å²) in [6.07, 6.45) is 4.02. The number of rotatable bonds is 6. The average molecular weight is 396 g/mol. The van der Waals surface area contributed by atoms with Crippen LogP contribution in [0.5, 0.6) is 11.5 Å². The number of nitrogens with zero attached hydrogens (tertiary/aromatic N) is 1. The van der Waals surface area contributed by atoms with E-state index in [9.17, 15) is 19.2 Å². The first-order valence-corrected chi connectivity index (χ1v) is 8.38. The third-order valence-corrected chi connectivity index (χ3v) is 3.92. The molecule has 2 aromatic rings. The van der Waals surface area contributed by atoms with Crippen LogP contribution in [0.1, 0.15) is 16.1 Å². The molecule has 0 unspecified atom stereocenters. The molecule has 0 bridgehead atoms. The second-order valence-corrected chi connectivity index (χ2v) is 5.80. The van der Waals surface area contributed by atoms with E-state index in [4.69, 9.17) is 13.9 Å². The minimum atomic E-state index is -0.812. The van der Waals surface area contributed by atoms with Crippen molar-refractivity contribution in [2.75, 3.05) is 13.7 Å². The van der Waals surface area contributed by atoms with E-state index in [0.29, 0.717) is 5.56 Å². The number of amides is 4. The molecule has 148 valence electrons. The van der Waals surface area contributed by atoms with Crippen LogP contribution in [0.15, 0.2) is 59.2 Å². The molecule has 9 heteroatoms. The topological polar surface area (TPSA) is 115 Å². The summed E-state index contributed by atoms with van der Waals surface area (Å²) in [7, 11) is 1.37. The molecule has 1 fully saturated rings. The Balaban J connectivity index is 1.88. The minimum absolute atomic E-state index is 0.0229. The van der Waals surface area contributed by atoms with Gasteiger partial charge in [0.1, 0.15) is 5.57 Å². The lowest BCUT2D eigenvalue weighted by Gasteiger charge is -2.25. The van der Waals surface area contributed by atoms with E-state index < -0.39 is 23.8 Å². The number of barbiturate groups is 1. The van der Waals surface area contributed by atoms with Crippen LogP contribution in [-0.2, 0) is 9.59 Å². The van der Waals surface area contributed by atoms with Gasteiger partial charge in [-0.3, -0.25) is 19.8 Å². The van der Waals surface area contributed by atoms with E-state index in [1.54, 1.807) is 6.07 Å². The van der Waals surface area contributed by atoms with Crippen molar-refractivity contribution in [3.63, 3.8) is 0 Å². The number of ether oxygens (including phenoxy) is 2. The first-order chi connectivity index (χ1) is 13.9. The van der Waals surface area contributed by atoms with Crippen LogP contribution in [-0.4, -0.2) is 42.4 Å². The molecular weight excluding hydrogens is 380 g/mol. The van der Waals surface area contributed by atoms with Crippen molar-refractivity contribution in [2.45, 2.75) is 0 Å². The summed E-state index contributed by atoms with van der Waals surface area (Å²) in [6, 6.07) is 6.65. The van der Waals surface area contributed by atoms with E-state index >= 15 is 0 Å². The number of hydrogen-bond donors (Lipinski definition) is 1. The van der Waals surface area contributed by atoms with Gasteiger partial charge in [-0.1, -0.05) is 12.1 Å². The minimum Gasteiger partial charge on any atom is -0.493 e. The Morgan fingerprint density at radius 2 is 2.03 bits per heavy atom. The van der Waals surface area contributed by atoms with Gasteiger partial charge in [0.05, 0.1) is 13.4 Å². The number of imide groups is 2. The molecule has 1 N–H and O–H groups in total. The summed E-state index contributed by atoms with van der Waals surface area (Å²) in [5.74, 6) is -1.92. The van der Waals surface area contributed by atoms with Gasteiger partial charge < -0.3 is 13.9 Å². The van der Waals surface area contributed by atoms with Gasteiger partial charge in [0.25, 0.3) is 11.8 Å². The molecule has 29 heavy (non-hydrogen) atoms. The van der Waals surface area contributed by atoms with Crippen molar-refractivity contribution in [3.8, 4) is 11.5 Å². The van der Waals surface area contributed by atoms with E-state index in [1.165, 1.54) is 49.8 Å². The summed E-state index contributed by atoms with van der Waals surface area (Å²) in [5.41, 5.74) is 0.194. The quantitative estimate of drug-likeness (QED) is 0.262. The SMILES string of the molecule is C=CCN1C(=O)NC(=O)/C(=C/c2ccc(OC(=O)c3ccco3)c(OC)c2)C1=O. The Morgan fingerprint density at radius 3 is 2.69 bits per heavy atom. The van der Waals surface area contributed by atoms with Crippen LogP contribution in [0.4, 0.5) is 4.79 Å². The van der Waals surface area contributed by atoms with Crippen molar-refractivity contribution in [2.24, 2.45) is 0 Å². The smallest absolute Gasteiger partial charge is 0.379 e. The van der Waals surface area contributed by atoms with Gasteiger partial charge in [-0.15, -0.1) is 6.58 Å². The molecule has 2 heterocycles. The standard InChI is InChI=1S/C20H16N2O7/c1-3-8-22-18(24)13(17(23)21-20(22)26)10-12-6-7-14(16(11-12)27-2)29-19(25)15-5-4-9-28-15/h3-7,9-11H,1,8H2,2H3,(H,21,23,26)/b13-10-. The summed E-state index contributed by atoms with van der Waals surface area (Å²) in [5, 5.41) is 2.10. The fraction of sp³-hybridized carbons (Fsp3) is 0.100. The Kier molecular flexibility index (Phi) is 5.59. The fourth-order valence-corrected chi connectivity index (χ4v) is 2.56. The molecule has 0 spiro atoms. The highest BCUT2D eigenvalue weighted by atomic mass is 16.6. The molecule has 9 nitrogen and oxygen atoms in total. The average Bonchev–Trinajstić information content (AvgIpc) is 3.24. The molecular formula is C20H16N2O7. The highest BCUT2D eigenvalue weighted by Gasteiger charge is 2.34. The lowest BCUT2D eigenvalue weighted by atomic mass is 10.1. The van der Waals surface area contributed by atoms with Crippen LogP contribution >= 0.6 is 0 Å². The molecule has 0 aliphatic carbocycles. The maximum Gasteiger partial charge on any atom is 0.379 e. The van der Waals surface area contributed by atoms with Gasteiger partial charge in [0, 0.05) is 6.54 Å². The molecule has 1 aromatic carbocycles. The number of nitrogens with one attached hydrogen (secondary N) is 1. The summed E-state index contributed by atoms with van der Waals surface area (Å²) in [6.45, 7) is 3.44. The molecule has 0 radical (unpaired) electrons. The Labute approximate surface area is 165 Å². The summed E-state index contributed by atoms with van der Waals surface area (Å²) in [4.78, 5) is 49.2. The van der Waals surface area contributed by atoms with Gasteiger partial charge in [0.2, 0.25) is 5.76 Å². The zero-order chi connectivity index (χ0) is 21.0. The highest BCUT2D eigenvalue weighted by Crippen LogP contribution is 2.30. The van der Waals surface area contributed by atoms with Crippen LogP contribution in [0.3, 0.4) is 0 Å². The molecule has 0 atom stereocenters. The molecule has 1 aliphatic heterocycles. The fourth-order valence-electron chi connectivity index (χ4n) is 2.56. The number of hydrogen-bond acceptors (Lipinski definition) is 7. The zero-order valence-corrected chi connectivity index (χ0v) is 15.3. The molecule has 4 amide bonds. The van der Waals surface area contributed by atoms with Crippen LogP contribution in [0.2, 0.25) is 0 Å². The largest absolute Gasteiger partial charge is 0.493 e. The molecule has 1 aromatic heterocycles. The third kappa shape index (κ3) is 4.08. The number of methoxy groups -OCH3 is 1. The van der Waals surface area contributed by atoms with Gasteiger partial charge in [-0.2, -0.15) is 0 Å². The number of carbonyl (C=O) groups excluding carboxylic acids is 4. The van der Waals surface area contributed by atoms with Crippen molar-refractivity contribution >= 4 is 29.9 Å². The molecule has 1 aliphatic rings. The van der Waals surface area contributed by atoms with Gasteiger partial charge >= 0.3 is 12.0 Å². The van der Waals surface area contributed by atoms with Gasteiger partial charge in [-0.05, 0) is 35.9 Å². The van der Waals surface area contributed by atoms with Crippen molar-refractivity contribution in [3.05, 3.63) is 66.1 Å². The number of urea groups is 1. The van der Waals surface area contributed by atoms with Crippen LogP contribution in [0.25, 0.3) is 6.08 Å². The number of benzene rings is 1. The van der Waals surface area contributed by atoms with Crippen LogP contribution in [0, 0.1) is 0 Å². The number of furan rings is 1. The normalized spacial score (nSPS) is 15.3. The number of esters is 1. The lowest BCUT2D eigenvalue weighted by Crippen LogP contribution is -2.54. The third-order valence-electron chi connectivity index (χ3n) is 3.92. The second kappa shape index (κ2) is 8.26. The van der Waals surface area contributed by atoms with Crippen LogP contribution < -0.4 is 14.8 Å². The first kappa shape index (κ1) is 19.6. The van der Waals surface area contributed by atoms with Crippen molar-refractivity contribution in [1.29, 1.82) is 0 Å². The highest BCUT2D eigenvalue weighted by molar-refractivity contribution is 6.31. The maximum atomic E-state index is 12.5. The first-order valence-electron chi connectivity index (χ1n) is 8.38. The summed E-state index contributed by atoms with van der Waals surface area (Å²) < 4.78 is 15.4. The Hall–Kier alpha value is -4.14. The predicted molar refractivity (Wildman–Crippen MR) is 100 cm³/mol. The number of carbonyl (C=O) groups is 4. The lowest BCUT2D eigenvalue weighted by molar-refractivity contribution is -0.129. The van der Waals surface area contributed by atoms with Gasteiger partial charge in [-0.25, -0.2) is 9.59 Å². The Bertz CT molecular complexity index is 1020. The zero-order valence-electron chi connectivity index (χ0n) is 15.3. The van der Waals surface area contributed by atoms with E-state index in [2.05, 4.69) is 11.9 Å². The molecule has 3 rings (SSSR count). The van der Waals surface area contributed by atoms with E-state index in [1.807, 2.05) is 0 Å². The summed E-state index contributed by atoms with van der Waals surface area (Å²) >= 11 is 0. The Morgan fingerprint density at radius 1 is 1.24 bits per heavy atom. The van der Waals surface area contributed by atoms with Crippen molar-refractivity contribution < 1.29 is 33.1 Å². The van der Waals surface area contributed by atoms with Crippen molar-refractivity contribution in [1.82, 2.24) is 10.2 Å². The predicted octanol–water partition coefficient (Wildman–Crippen LogP) is 2.16. The monoisotopic (exact) mass is 396 g/mol. The van der Waals surface area contributed by atoms with E-state index in [-0.39, 0.29) is 29.4 Å². The molecule has 1 saturated heterocycles. The van der Waals surface area contributed by atoms with Gasteiger partial charge in [0.15, 0.2) is 11.5 Å². The maximum absolute atomic E-state index is 12.5. The molecule has 0 saturated carbocycles. The second-order valence-electron chi connectivity index (χ2n) is 5.80.